The Morgan fingerprint density at radius 2 is 2.26 bits per heavy atom. The smallest absolute Gasteiger partial charge is 0.160 e. The van der Waals surface area contributed by atoms with Crippen molar-refractivity contribution in [3.63, 3.8) is 0 Å². The lowest BCUT2D eigenvalue weighted by molar-refractivity contribution is 0.530. The van der Waals surface area contributed by atoms with Gasteiger partial charge in [-0.3, -0.25) is 0 Å². The van der Waals surface area contributed by atoms with Crippen molar-refractivity contribution in [2.45, 2.75) is 39.1 Å². The van der Waals surface area contributed by atoms with Crippen molar-refractivity contribution in [3.05, 3.63) is 23.7 Å². The highest BCUT2D eigenvalue weighted by atomic mass is 35.5. The number of imidazole rings is 1. The van der Waals surface area contributed by atoms with Crippen LogP contribution >= 0.6 is 23.4 Å². The third-order valence-electron chi connectivity index (χ3n) is 3.30. The van der Waals surface area contributed by atoms with Crippen molar-refractivity contribution < 1.29 is 0 Å². The van der Waals surface area contributed by atoms with Crippen molar-refractivity contribution >= 4 is 34.5 Å². The molecule has 2 aromatic heterocycles. The first kappa shape index (κ1) is 14.7. The van der Waals surface area contributed by atoms with E-state index in [1.165, 1.54) is 0 Å². The summed E-state index contributed by atoms with van der Waals surface area (Å²) < 4.78 is 2.20. The lowest BCUT2D eigenvalue weighted by Crippen LogP contribution is -2.10. The van der Waals surface area contributed by atoms with Crippen molar-refractivity contribution in [2.75, 3.05) is 11.5 Å². The summed E-state index contributed by atoms with van der Waals surface area (Å²) in [5.74, 6) is 3.68. The van der Waals surface area contributed by atoms with Crippen molar-refractivity contribution in [1.82, 2.24) is 14.5 Å². The molecule has 1 unspecified atom stereocenters. The highest BCUT2D eigenvalue weighted by molar-refractivity contribution is 7.99. The molecule has 0 N–H and O–H groups in total. The van der Waals surface area contributed by atoms with Crippen LogP contribution < -0.4 is 0 Å². The summed E-state index contributed by atoms with van der Waals surface area (Å²) in [6, 6.07) is 2.38. The van der Waals surface area contributed by atoms with Crippen LogP contribution in [0.25, 0.3) is 11.2 Å². The number of nitrogens with zero attached hydrogens (tertiary/aromatic N) is 3. The van der Waals surface area contributed by atoms with E-state index in [1.54, 1.807) is 0 Å². The molecule has 19 heavy (non-hydrogen) atoms. The Labute approximate surface area is 123 Å². The summed E-state index contributed by atoms with van der Waals surface area (Å²) in [7, 11) is 0. The molecule has 0 saturated carbocycles. The van der Waals surface area contributed by atoms with Gasteiger partial charge >= 0.3 is 0 Å². The third-order valence-corrected chi connectivity index (χ3v) is 4.47. The van der Waals surface area contributed by atoms with E-state index in [-0.39, 0.29) is 0 Å². The largest absolute Gasteiger partial charge is 0.309 e. The maximum Gasteiger partial charge on any atom is 0.160 e. The van der Waals surface area contributed by atoms with Crippen LogP contribution in [0.1, 0.15) is 37.7 Å². The minimum absolute atomic E-state index is 0.382. The summed E-state index contributed by atoms with van der Waals surface area (Å²) in [5.41, 5.74) is 3.10. The molecule has 0 aliphatic carbocycles. The van der Waals surface area contributed by atoms with Crippen LogP contribution in [0.15, 0.2) is 12.3 Å². The van der Waals surface area contributed by atoms with E-state index in [4.69, 9.17) is 11.6 Å². The molecule has 2 aromatic rings. The molecule has 0 amide bonds. The standard InChI is InChI=1S/C14H20ClN3S/c1-4-19-8-6-11(3)18-12(9-15)17-13-10(2)5-7-16-14(13)18/h5,7,11H,4,6,8-9H2,1-3H3. The van der Waals surface area contributed by atoms with Crippen LogP contribution in [0.2, 0.25) is 0 Å². The fourth-order valence-corrected chi connectivity index (χ4v) is 3.23. The Kier molecular flexibility index (Phi) is 5.11. The zero-order valence-corrected chi connectivity index (χ0v) is 13.3. The number of pyridine rings is 1. The summed E-state index contributed by atoms with van der Waals surface area (Å²) in [5, 5.41) is 0. The first-order chi connectivity index (χ1) is 9.19. The van der Waals surface area contributed by atoms with Gasteiger partial charge in [0.1, 0.15) is 11.3 Å². The number of hydrogen-bond acceptors (Lipinski definition) is 3. The van der Waals surface area contributed by atoms with Crippen molar-refractivity contribution in [2.24, 2.45) is 0 Å². The SMILES string of the molecule is CCSCCC(C)n1c(CCl)nc2c(C)ccnc21. The Bertz CT molecular complexity index is 553. The second-order valence-electron chi connectivity index (χ2n) is 4.67. The fourth-order valence-electron chi connectivity index (χ4n) is 2.24. The zero-order valence-electron chi connectivity index (χ0n) is 11.7. The topological polar surface area (TPSA) is 30.7 Å². The summed E-state index contributed by atoms with van der Waals surface area (Å²) in [4.78, 5) is 9.14. The van der Waals surface area contributed by atoms with Crippen LogP contribution in [0.4, 0.5) is 0 Å². The molecular formula is C14H20ClN3S. The Morgan fingerprint density at radius 3 is 2.95 bits per heavy atom. The van der Waals surface area contributed by atoms with E-state index >= 15 is 0 Å². The molecule has 2 heterocycles. The van der Waals surface area contributed by atoms with Crippen molar-refractivity contribution in [1.29, 1.82) is 0 Å². The Hall–Kier alpha value is -0.740. The number of alkyl halides is 1. The molecule has 104 valence electrons. The Morgan fingerprint density at radius 1 is 1.47 bits per heavy atom. The second kappa shape index (κ2) is 6.62. The molecule has 3 nitrogen and oxygen atoms in total. The van der Waals surface area contributed by atoms with E-state index < -0.39 is 0 Å². The van der Waals surface area contributed by atoms with E-state index in [1.807, 2.05) is 24.0 Å². The minimum atomic E-state index is 0.382. The van der Waals surface area contributed by atoms with Gasteiger partial charge in [-0.1, -0.05) is 6.92 Å². The molecule has 0 fully saturated rings. The second-order valence-corrected chi connectivity index (χ2v) is 6.33. The third kappa shape index (κ3) is 3.06. The number of rotatable bonds is 6. The molecule has 2 rings (SSSR count). The number of thioether (sulfide) groups is 1. The molecule has 0 aliphatic heterocycles. The van der Waals surface area contributed by atoms with E-state index in [2.05, 4.69) is 35.3 Å². The van der Waals surface area contributed by atoms with Gasteiger partial charge in [0.25, 0.3) is 0 Å². The average Bonchev–Trinajstić information content (AvgIpc) is 2.79. The van der Waals surface area contributed by atoms with Crippen LogP contribution in [0, 0.1) is 6.92 Å². The number of halogens is 1. The van der Waals surface area contributed by atoms with Gasteiger partial charge in [-0.2, -0.15) is 11.8 Å². The van der Waals surface area contributed by atoms with Gasteiger partial charge in [0.2, 0.25) is 0 Å². The molecule has 0 radical (unpaired) electrons. The normalized spacial score (nSPS) is 13.1. The van der Waals surface area contributed by atoms with Crippen LogP contribution in [-0.4, -0.2) is 26.0 Å². The van der Waals surface area contributed by atoms with Crippen LogP contribution in [0.5, 0.6) is 0 Å². The van der Waals surface area contributed by atoms with E-state index in [9.17, 15) is 0 Å². The quantitative estimate of drug-likeness (QED) is 0.592. The van der Waals surface area contributed by atoms with E-state index in [0.29, 0.717) is 11.9 Å². The predicted molar refractivity (Wildman–Crippen MR) is 84.1 cm³/mol. The van der Waals surface area contributed by atoms with Gasteiger partial charge in [0.05, 0.1) is 5.88 Å². The van der Waals surface area contributed by atoms with Crippen molar-refractivity contribution in [3.8, 4) is 0 Å². The van der Waals surface area contributed by atoms with Gasteiger partial charge in [-0.05, 0) is 43.4 Å². The number of aryl methyl sites for hydroxylation is 1. The first-order valence-electron chi connectivity index (χ1n) is 6.65. The number of aromatic nitrogens is 3. The molecule has 0 bridgehead atoms. The zero-order chi connectivity index (χ0) is 13.8. The van der Waals surface area contributed by atoms with Gasteiger partial charge in [-0.15, -0.1) is 11.6 Å². The Balaban J connectivity index is 2.37. The average molecular weight is 298 g/mol. The summed E-state index contributed by atoms with van der Waals surface area (Å²) in [6.07, 6.45) is 2.96. The highest BCUT2D eigenvalue weighted by Gasteiger charge is 2.17. The van der Waals surface area contributed by atoms with Gasteiger partial charge < -0.3 is 4.57 Å². The van der Waals surface area contributed by atoms with Crippen LogP contribution in [0.3, 0.4) is 0 Å². The first-order valence-corrected chi connectivity index (χ1v) is 8.34. The molecule has 0 aliphatic rings. The van der Waals surface area contributed by atoms with Gasteiger partial charge in [0, 0.05) is 12.2 Å². The predicted octanol–water partition coefficient (Wildman–Crippen LogP) is 4.18. The summed E-state index contributed by atoms with van der Waals surface area (Å²) in [6.45, 7) is 6.48. The summed E-state index contributed by atoms with van der Waals surface area (Å²) >= 11 is 8.01. The van der Waals surface area contributed by atoms with E-state index in [0.717, 1.165) is 40.5 Å². The van der Waals surface area contributed by atoms with Gasteiger partial charge in [-0.25, -0.2) is 9.97 Å². The van der Waals surface area contributed by atoms with Crippen LogP contribution in [-0.2, 0) is 5.88 Å². The molecular weight excluding hydrogens is 278 g/mol. The number of fused-ring (bicyclic) bond motifs is 1. The van der Waals surface area contributed by atoms with Gasteiger partial charge in [0.15, 0.2) is 5.65 Å². The monoisotopic (exact) mass is 297 g/mol. The molecule has 1 atom stereocenters. The number of hydrogen-bond donors (Lipinski definition) is 0. The molecule has 0 spiro atoms. The lowest BCUT2D eigenvalue weighted by atomic mass is 10.2. The highest BCUT2D eigenvalue weighted by Crippen LogP contribution is 2.25. The maximum absolute atomic E-state index is 6.04. The molecule has 0 saturated heterocycles. The molecule has 5 heteroatoms. The minimum Gasteiger partial charge on any atom is -0.309 e. The maximum atomic E-state index is 6.04. The molecule has 0 aromatic carbocycles. The lowest BCUT2D eigenvalue weighted by Gasteiger charge is -2.16. The fraction of sp³-hybridized carbons (Fsp3) is 0.571.